The Balaban J connectivity index is 1.88. The Morgan fingerprint density at radius 3 is 2.54 bits per heavy atom. The Morgan fingerprint density at radius 2 is 1.96 bits per heavy atom. The SMILES string of the molecule is CCN(C(=O)c1ccc(Nc2ccccc2)c([N+](=O)[O-])c1)C1CCS(=O)(=O)C1. The van der Waals surface area contributed by atoms with Gasteiger partial charge >= 0.3 is 0 Å². The van der Waals surface area contributed by atoms with E-state index < -0.39 is 26.7 Å². The molecule has 0 bridgehead atoms. The summed E-state index contributed by atoms with van der Waals surface area (Å²) >= 11 is 0. The number of nitro benzene ring substituents is 1. The minimum absolute atomic E-state index is 0.0571. The number of anilines is 2. The lowest BCUT2D eigenvalue weighted by Gasteiger charge is -2.27. The van der Waals surface area contributed by atoms with Gasteiger partial charge in [0, 0.05) is 29.9 Å². The Hall–Kier alpha value is -2.94. The largest absolute Gasteiger partial charge is 0.350 e. The Kier molecular flexibility index (Phi) is 5.64. The van der Waals surface area contributed by atoms with Crippen molar-refractivity contribution in [1.82, 2.24) is 4.90 Å². The van der Waals surface area contributed by atoms with Crippen LogP contribution in [0.15, 0.2) is 48.5 Å². The third-order valence-electron chi connectivity index (χ3n) is 4.74. The van der Waals surface area contributed by atoms with E-state index in [0.29, 0.717) is 18.7 Å². The average Bonchev–Trinajstić information content (AvgIpc) is 3.02. The molecule has 1 N–H and O–H groups in total. The van der Waals surface area contributed by atoms with E-state index in [0.717, 1.165) is 0 Å². The number of nitrogens with one attached hydrogen (secondary N) is 1. The van der Waals surface area contributed by atoms with Crippen molar-refractivity contribution in [1.29, 1.82) is 0 Å². The van der Waals surface area contributed by atoms with Crippen LogP contribution in [0.3, 0.4) is 0 Å². The van der Waals surface area contributed by atoms with Gasteiger partial charge in [-0.2, -0.15) is 0 Å². The summed E-state index contributed by atoms with van der Waals surface area (Å²) in [6.07, 6.45) is 0.387. The highest BCUT2D eigenvalue weighted by Gasteiger charge is 2.34. The van der Waals surface area contributed by atoms with Gasteiger partial charge in [0.05, 0.1) is 16.4 Å². The van der Waals surface area contributed by atoms with Crippen LogP contribution in [0.25, 0.3) is 0 Å². The van der Waals surface area contributed by atoms with Crippen LogP contribution in [-0.4, -0.2) is 48.2 Å². The second kappa shape index (κ2) is 7.97. The van der Waals surface area contributed by atoms with Crippen molar-refractivity contribution in [3.63, 3.8) is 0 Å². The molecule has 1 heterocycles. The summed E-state index contributed by atoms with van der Waals surface area (Å²) < 4.78 is 23.5. The first-order valence-corrected chi connectivity index (χ1v) is 10.7. The number of para-hydroxylation sites is 1. The number of hydrogen-bond acceptors (Lipinski definition) is 6. The molecule has 3 rings (SSSR count). The van der Waals surface area contributed by atoms with Crippen LogP contribution in [0.1, 0.15) is 23.7 Å². The highest BCUT2D eigenvalue weighted by Crippen LogP contribution is 2.30. The van der Waals surface area contributed by atoms with E-state index in [-0.39, 0.29) is 28.4 Å². The second-order valence-electron chi connectivity index (χ2n) is 6.63. The topological polar surface area (TPSA) is 110 Å². The number of amides is 1. The smallest absolute Gasteiger partial charge is 0.293 e. The van der Waals surface area contributed by atoms with Crippen molar-refractivity contribution in [2.75, 3.05) is 23.4 Å². The third kappa shape index (κ3) is 4.30. The number of carbonyl (C=O) groups excluding carboxylic acids is 1. The Bertz CT molecular complexity index is 992. The minimum atomic E-state index is -3.14. The van der Waals surface area contributed by atoms with Crippen LogP contribution < -0.4 is 5.32 Å². The first kappa shape index (κ1) is 19.8. The van der Waals surface area contributed by atoms with Gasteiger partial charge in [0.15, 0.2) is 9.84 Å². The van der Waals surface area contributed by atoms with E-state index in [1.54, 1.807) is 31.2 Å². The van der Waals surface area contributed by atoms with Gasteiger partial charge in [0.25, 0.3) is 11.6 Å². The summed E-state index contributed by atoms with van der Waals surface area (Å²) in [4.78, 5) is 25.4. The molecule has 0 spiro atoms. The van der Waals surface area contributed by atoms with Crippen LogP contribution in [-0.2, 0) is 9.84 Å². The van der Waals surface area contributed by atoms with E-state index in [9.17, 15) is 23.3 Å². The molecule has 0 aromatic heterocycles. The lowest BCUT2D eigenvalue weighted by Crippen LogP contribution is -2.41. The lowest BCUT2D eigenvalue weighted by atomic mass is 10.1. The van der Waals surface area contributed by atoms with Gasteiger partial charge in [-0.1, -0.05) is 18.2 Å². The maximum Gasteiger partial charge on any atom is 0.293 e. The minimum Gasteiger partial charge on any atom is -0.350 e. The average molecular weight is 403 g/mol. The first-order chi connectivity index (χ1) is 13.3. The van der Waals surface area contributed by atoms with E-state index in [1.807, 2.05) is 6.07 Å². The summed E-state index contributed by atoms with van der Waals surface area (Å²) in [5, 5.41) is 14.5. The molecule has 1 saturated heterocycles. The van der Waals surface area contributed by atoms with Gasteiger partial charge in [-0.3, -0.25) is 14.9 Å². The van der Waals surface area contributed by atoms with E-state index in [4.69, 9.17) is 0 Å². The maximum absolute atomic E-state index is 12.9. The molecular weight excluding hydrogens is 382 g/mol. The van der Waals surface area contributed by atoms with Crippen molar-refractivity contribution >= 4 is 32.8 Å². The molecule has 2 aromatic rings. The van der Waals surface area contributed by atoms with Crippen molar-refractivity contribution in [2.45, 2.75) is 19.4 Å². The predicted octanol–water partition coefficient (Wildman–Crippen LogP) is 2.99. The zero-order valence-electron chi connectivity index (χ0n) is 15.4. The van der Waals surface area contributed by atoms with Crippen molar-refractivity contribution in [3.05, 3.63) is 64.2 Å². The molecule has 8 nitrogen and oxygen atoms in total. The van der Waals surface area contributed by atoms with E-state index in [1.165, 1.54) is 23.1 Å². The highest BCUT2D eigenvalue weighted by molar-refractivity contribution is 7.91. The number of rotatable bonds is 6. The number of benzene rings is 2. The molecule has 1 aliphatic heterocycles. The molecule has 1 atom stereocenters. The maximum atomic E-state index is 12.9. The van der Waals surface area contributed by atoms with Crippen molar-refractivity contribution in [3.8, 4) is 0 Å². The van der Waals surface area contributed by atoms with Crippen molar-refractivity contribution in [2.24, 2.45) is 0 Å². The van der Waals surface area contributed by atoms with Crippen LogP contribution in [0.5, 0.6) is 0 Å². The summed E-state index contributed by atoms with van der Waals surface area (Å²) in [5.74, 6) is -0.414. The molecule has 0 aliphatic carbocycles. The van der Waals surface area contributed by atoms with Crippen LogP contribution in [0, 0.1) is 10.1 Å². The predicted molar refractivity (Wildman–Crippen MR) is 107 cm³/mol. The molecule has 1 fully saturated rings. The molecular formula is C19H21N3O5S. The molecule has 1 aliphatic rings. The van der Waals surface area contributed by atoms with Gasteiger partial charge in [0.1, 0.15) is 5.69 Å². The van der Waals surface area contributed by atoms with Gasteiger partial charge in [-0.15, -0.1) is 0 Å². The summed E-state index contributed by atoms with van der Waals surface area (Å²) in [6.45, 7) is 2.10. The van der Waals surface area contributed by atoms with Crippen LogP contribution in [0.2, 0.25) is 0 Å². The molecule has 0 saturated carbocycles. The molecule has 9 heteroatoms. The highest BCUT2D eigenvalue weighted by atomic mass is 32.2. The van der Waals surface area contributed by atoms with Crippen LogP contribution >= 0.6 is 0 Å². The number of hydrogen-bond donors (Lipinski definition) is 1. The normalized spacial score (nSPS) is 17.8. The summed E-state index contributed by atoms with van der Waals surface area (Å²) in [6, 6.07) is 12.9. The van der Waals surface area contributed by atoms with Gasteiger partial charge < -0.3 is 10.2 Å². The molecule has 148 valence electrons. The quantitative estimate of drug-likeness (QED) is 0.586. The Labute approximate surface area is 163 Å². The van der Waals surface area contributed by atoms with Gasteiger partial charge in [0.2, 0.25) is 0 Å². The summed E-state index contributed by atoms with van der Waals surface area (Å²) in [7, 11) is -3.14. The molecule has 0 radical (unpaired) electrons. The van der Waals surface area contributed by atoms with E-state index in [2.05, 4.69) is 5.32 Å². The lowest BCUT2D eigenvalue weighted by molar-refractivity contribution is -0.383. The third-order valence-corrected chi connectivity index (χ3v) is 6.50. The van der Waals surface area contributed by atoms with E-state index >= 15 is 0 Å². The van der Waals surface area contributed by atoms with Crippen LogP contribution in [0.4, 0.5) is 17.1 Å². The van der Waals surface area contributed by atoms with Gasteiger partial charge in [-0.25, -0.2) is 8.42 Å². The molecule has 1 unspecified atom stereocenters. The fraction of sp³-hybridized carbons (Fsp3) is 0.316. The zero-order chi connectivity index (χ0) is 20.3. The zero-order valence-corrected chi connectivity index (χ0v) is 16.2. The monoisotopic (exact) mass is 403 g/mol. The number of sulfone groups is 1. The standard InChI is InChI=1S/C19H21N3O5S/c1-2-21(16-10-11-28(26,27)13-16)19(23)14-8-9-17(18(12-14)22(24)25)20-15-6-4-3-5-7-15/h3-9,12,16,20H,2,10-11,13H2,1H3. The first-order valence-electron chi connectivity index (χ1n) is 8.92. The molecule has 1 amide bonds. The van der Waals surface area contributed by atoms with Crippen molar-refractivity contribution < 1.29 is 18.1 Å². The fourth-order valence-corrected chi connectivity index (χ4v) is 5.08. The number of nitro groups is 1. The Morgan fingerprint density at radius 1 is 1.25 bits per heavy atom. The number of carbonyl (C=O) groups is 1. The summed E-state index contributed by atoms with van der Waals surface area (Å²) in [5.41, 5.74) is 0.913. The number of nitrogens with zero attached hydrogens (tertiary/aromatic N) is 2. The second-order valence-corrected chi connectivity index (χ2v) is 8.86. The molecule has 2 aromatic carbocycles. The fourth-order valence-electron chi connectivity index (χ4n) is 3.35. The van der Waals surface area contributed by atoms with Gasteiger partial charge in [-0.05, 0) is 37.6 Å². The molecule has 28 heavy (non-hydrogen) atoms.